The Bertz CT molecular complexity index is 778. The topological polar surface area (TPSA) is 69.0 Å². The Labute approximate surface area is 129 Å². The molecule has 1 saturated heterocycles. The molecule has 1 aromatic heterocycles. The summed E-state index contributed by atoms with van der Waals surface area (Å²) in [6, 6.07) is 4.72. The highest BCUT2D eigenvalue weighted by molar-refractivity contribution is 6.00. The number of alkyl halides is 3. The van der Waals surface area contributed by atoms with Gasteiger partial charge in [-0.05, 0) is 37.6 Å². The summed E-state index contributed by atoms with van der Waals surface area (Å²) in [4.78, 5) is 30.2. The molecule has 5 nitrogen and oxygen atoms in total. The minimum atomic E-state index is -4.22. The lowest BCUT2D eigenvalue weighted by atomic mass is 9.97. The van der Waals surface area contributed by atoms with Crippen molar-refractivity contribution in [3.05, 3.63) is 34.2 Å². The predicted octanol–water partition coefficient (Wildman–Crippen LogP) is 2.31. The number of Topliss-reactive ketones (excluding diaryl/α,β-unsaturated/α-hetero) is 1. The van der Waals surface area contributed by atoms with Gasteiger partial charge in [-0.15, -0.1) is 0 Å². The van der Waals surface area contributed by atoms with Gasteiger partial charge >= 0.3 is 11.9 Å². The Morgan fingerprint density at radius 1 is 1.26 bits per heavy atom. The molecule has 1 atom stereocenters. The van der Waals surface area contributed by atoms with E-state index in [-0.39, 0.29) is 31.0 Å². The molecule has 2 N–H and O–H groups in total. The lowest BCUT2D eigenvalue weighted by Crippen LogP contribution is -2.43. The van der Waals surface area contributed by atoms with Crippen molar-refractivity contribution >= 4 is 16.8 Å². The smallest absolute Gasteiger partial charge is 0.306 e. The van der Waals surface area contributed by atoms with Crippen molar-refractivity contribution in [2.45, 2.75) is 19.0 Å². The second kappa shape index (κ2) is 5.84. The van der Waals surface area contributed by atoms with Crippen LogP contribution in [0.1, 0.15) is 23.2 Å². The monoisotopic (exact) mass is 327 g/mol. The SMILES string of the molecule is O=C(CN1CCC[C@@H](C(F)(F)F)C1)c1ccc2[nH]c(=O)[nH]c2c1. The van der Waals surface area contributed by atoms with E-state index in [1.807, 2.05) is 0 Å². The van der Waals surface area contributed by atoms with E-state index in [4.69, 9.17) is 0 Å². The first-order chi connectivity index (χ1) is 10.8. The number of rotatable bonds is 3. The van der Waals surface area contributed by atoms with E-state index in [9.17, 15) is 22.8 Å². The number of fused-ring (bicyclic) bond motifs is 1. The highest BCUT2D eigenvalue weighted by Crippen LogP contribution is 2.33. The number of nitrogens with zero attached hydrogens (tertiary/aromatic N) is 1. The van der Waals surface area contributed by atoms with Crippen LogP contribution < -0.4 is 5.69 Å². The fourth-order valence-corrected chi connectivity index (χ4v) is 2.97. The van der Waals surface area contributed by atoms with Crippen LogP contribution in [-0.2, 0) is 0 Å². The van der Waals surface area contributed by atoms with E-state index in [1.54, 1.807) is 23.1 Å². The molecule has 1 aliphatic heterocycles. The molecule has 0 spiro atoms. The van der Waals surface area contributed by atoms with Gasteiger partial charge in [0.25, 0.3) is 0 Å². The molecule has 0 radical (unpaired) electrons. The molecule has 0 unspecified atom stereocenters. The second-order valence-electron chi connectivity index (χ2n) is 5.88. The number of carbonyl (C=O) groups excluding carboxylic acids is 1. The Balaban J connectivity index is 1.71. The van der Waals surface area contributed by atoms with Gasteiger partial charge < -0.3 is 9.97 Å². The number of piperidine rings is 1. The van der Waals surface area contributed by atoms with Crippen LogP contribution >= 0.6 is 0 Å². The van der Waals surface area contributed by atoms with E-state index in [2.05, 4.69) is 9.97 Å². The molecule has 0 amide bonds. The van der Waals surface area contributed by atoms with Crippen LogP contribution in [0.2, 0.25) is 0 Å². The number of imidazole rings is 1. The number of aromatic amines is 2. The van der Waals surface area contributed by atoms with Crippen LogP contribution in [0.5, 0.6) is 0 Å². The lowest BCUT2D eigenvalue weighted by molar-refractivity contribution is -0.186. The van der Waals surface area contributed by atoms with E-state index in [1.165, 1.54) is 0 Å². The molecule has 1 aromatic carbocycles. The second-order valence-corrected chi connectivity index (χ2v) is 5.88. The van der Waals surface area contributed by atoms with Gasteiger partial charge in [-0.2, -0.15) is 13.2 Å². The Hall–Kier alpha value is -2.09. The highest BCUT2D eigenvalue weighted by Gasteiger charge is 2.41. The first-order valence-electron chi connectivity index (χ1n) is 7.37. The fraction of sp³-hybridized carbons (Fsp3) is 0.467. The van der Waals surface area contributed by atoms with Gasteiger partial charge in [0.1, 0.15) is 0 Å². The summed E-state index contributed by atoms with van der Waals surface area (Å²) in [5.41, 5.74) is 1.10. The molecule has 23 heavy (non-hydrogen) atoms. The number of likely N-dealkylation sites (tertiary alicyclic amines) is 1. The van der Waals surface area contributed by atoms with Gasteiger partial charge in [-0.1, -0.05) is 0 Å². The summed E-state index contributed by atoms with van der Waals surface area (Å²) < 4.78 is 38.4. The van der Waals surface area contributed by atoms with Crippen LogP contribution in [0.25, 0.3) is 11.0 Å². The molecular formula is C15H16F3N3O2. The molecule has 0 aliphatic carbocycles. The first-order valence-corrected chi connectivity index (χ1v) is 7.37. The Kier molecular flexibility index (Phi) is 4.01. The third-order valence-electron chi connectivity index (χ3n) is 4.17. The number of halogens is 3. The summed E-state index contributed by atoms with van der Waals surface area (Å²) in [5, 5.41) is 0. The Morgan fingerprint density at radius 3 is 2.74 bits per heavy atom. The molecule has 2 aromatic rings. The van der Waals surface area contributed by atoms with Crippen molar-refractivity contribution in [2.24, 2.45) is 5.92 Å². The molecule has 0 bridgehead atoms. The first kappa shape index (κ1) is 15.8. The number of ketones is 1. The van der Waals surface area contributed by atoms with Crippen LogP contribution in [0.4, 0.5) is 13.2 Å². The number of carbonyl (C=O) groups is 1. The number of benzene rings is 1. The van der Waals surface area contributed by atoms with E-state index >= 15 is 0 Å². The molecule has 3 rings (SSSR count). The minimum Gasteiger partial charge on any atom is -0.306 e. The maximum Gasteiger partial charge on any atom is 0.393 e. The maximum atomic E-state index is 12.8. The van der Waals surface area contributed by atoms with Crippen LogP contribution in [0.15, 0.2) is 23.0 Å². The molecule has 1 aliphatic rings. The number of H-pyrrole nitrogens is 2. The van der Waals surface area contributed by atoms with Gasteiger partial charge in [0.15, 0.2) is 5.78 Å². The molecule has 124 valence electrons. The quantitative estimate of drug-likeness (QED) is 0.850. The highest BCUT2D eigenvalue weighted by atomic mass is 19.4. The predicted molar refractivity (Wildman–Crippen MR) is 78.5 cm³/mol. The lowest BCUT2D eigenvalue weighted by Gasteiger charge is -2.33. The third-order valence-corrected chi connectivity index (χ3v) is 4.17. The largest absolute Gasteiger partial charge is 0.393 e. The Morgan fingerprint density at radius 2 is 2.00 bits per heavy atom. The standard InChI is InChI=1S/C15H16F3N3O2/c16-15(17,18)10-2-1-5-21(7-10)8-13(22)9-3-4-11-12(6-9)20-14(23)19-11/h3-4,6,10H,1-2,5,7-8H2,(H2,19,20,23)/t10-/m1/s1. The number of nitrogens with one attached hydrogen (secondary N) is 2. The fourth-order valence-electron chi connectivity index (χ4n) is 2.97. The van der Waals surface area contributed by atoms with Crippen molar-refractivity contribution in [3.8, 4) is 0 Å². The van der Waals surface area contributed by atoms with Crippen LogP contribution in [-0.4, -0.2) is 46.5 Å². The van der Waals surface area contributed by atoms with Crippen molar-refractivity contribution < 1.29 is 18.0 Å². The number of hydrogen-bond acceptors (Lipinski definition) is 3. The van der Waals surface area contributed by atoms with Crippen molar-refractivity contribution in [2.75, 3.05) is 19.6 Å². The van der Waals surface area contributed by atoms with E-state index < -0.39 is 12.1 Å². The summed E-state index contributed by atoms with van der Waals surface area (Å²) in [6.45, 7) is 0.298. The molecule has 0 saturated carbocycles. The van der Waals surface area contributed by atoms with Gasteiger partial charge in [0.2, 0.25) is 0 Å². The summed E-state index contributed by atoms with van der Waals surface area (Å²) in [6.07, 6.45) is -3.67. The number of hydrogen-bond donors (Lipinski definition) is 2. The molecule has 8 heteroatoms. The molecular weight excluding hydrogens is 311 g/mol. The third kappa shape index (κ3) is 3.47. The molecule has 2 heterocycles. The average molecular weight is 327 g/mol. The van der Waals surface area contributed by atoms with Gasteiger partial charge in [-0.25, -0.2) is 4.79 Å². The van der Waals surface area contributed by atoms with Crippen LogP contribution in [0.3, 0.4) is 0 Å². The zero-order chi connectivity index (χ0) is 16.6. The number of aromatic nitrogens is 2. The average Bonchev–Trinajstić information content (AvgIpc) is 2.85. The zero-order valence-corrected chi connectivity index (χ0v) is 12.2. The van der Waals surface area contributed by atoms with Gasteiger partial charge in [0.05, 0.1) is 23.5 Å². The van der Waals surface area contributed by atoms with E-state index in [0.29, 0.717) is 29.6 Å². The van der Waals surface area contributed by atoms with E-state index in [0.717, 1.165) is 0 Å². The van der Waals surface area contributed by atoms with Gasteiger partial charge in [0, 0.05) is 12.1 Å². The van der Waals surface area contributed by atoms with Gasteiger partial charge in [-0.3, -0.25) is 9.69 Å². The summed E-state index contributed by atoms with van der Waals surface area (Å²) >= 11 is 0. The zero-order valence-electron chi connectivity index (χ0n) is 12.2. The van der Waals surface area contributed by atoms with Crippen LogP contribution in [0, 0.1) is 5.92 Å². The van der Waals surface area contributed by atoms with Crippen molar-refractivity contribution in [1.82, 2.24) is 14.9 Å². The molecule has 1 fully saturated rings. The van der Waals surface area contributed by atoms with Crippen molar-refractivity contribution in [3.63, 3.8) is 0 Å². The normalized spacial score (nSPS) is 20.0. The maximum absolute atomic E-state index is 12.8. The summed E-state index contributed by atoms with van der Waals surface area (Å²) in [7, 11) is 0. The van der Waals surface area contributed by atoms with Crippen molar-refractivity contribution in [1.29, 1.82) is 0 Å². The minimum absolute atomic E-state index is 0.0489. The summed E-state index contributed by atoms with van der Waals surface area (Å²) in [5.74, 6) is -1.62.